The number of nitrogens with one attached hydrogen (secondary N) is 1. The zero-order chi connectivity index (χ0) is 22.1. The SMILES string of the molecule is O=C1N=NC(Cc2cccc(NC(=O)C3=Cc4cc(Cl)ccc4OC3)c2)C2=C1CCCC2. The number of carbonyl (C=O) groups is 2. The third kappa shape index (κ3) is 4.23. The first-order valence-corrected chi connectivity index (χ1v) is 11.1. The van der Waals surface area contributed by atoms with Crippen molar-refractivity contribution in [3.05, 3.63) is 75.3 Å². The summed E-state index contributed by atoms with van der Waals surface area (Å²) in [6.45, 7) is 0.202. The summed E-state index contributed by atoms with van der Waals surface area (Å²) >= 11 is 6.06. The number of fused-ring (bicyclic) bond motifs is 1. The zero-order valence-electron chi connectivity index (χ0n) is 17.4. The Kier molecular flexibility index (Phi) is 5.62. The predicted molar refractivity (Wildman–Crippen MR) is 123 cm³/mol. The zero-order valence-corrected chi connectivity index (χ0v) is 18.2. The van der Waals surface area contributed by atoms with Crippen LogP contribution in [-0.4, -0.2) is 24.5 Å². The van der Waals surface area contributed by atoms with E-state index in [-0.39, 0.29) is 24.5 Å². The van der Waals surface area contributed by atoms with E-state index < -0.39 is 0 Å². The summed E-state index contributed by atoms with van der Waals surface area (Å²) in [5.74, 6) is 0.320. The Morgan fingerprint density at radius 3 is 2.94 bits per heavy atom. The average Bonchev–Trinajstić information content (AvgIpc) is 2.81. The second-order valence-electron chi connectivity index (χ2n) is 8.25. The second-order valence-corrected chi connectivity index (χ2v) is 8.68. The molecule has 1 aliphatic carbocycles. The quantitative estimate of drug-likeness (QED) is 0.669. The topological polar surface area (TPSA) is 80.1 Å². The molecule has 0 spiro atoms. The number of ether oxygens (including phenoxy) is 1. The molecule has 1 N–H and O–H groups in total. The smallest absolute Gasteiger partial charge is 0.291 e. The summed E-state index contributed by atoms with van der Waals surface area (Å²) in [7, 11) is 0. The molecule has 7 heteroatoms. The molecule has 0 bridgehead atoms. The van der Waals surface area contributed by atoms with Crippen LogP contribution in [0.15, 0.2) is 69.4 Å². The molecule has 2 aliphatic heterocycles. The van der Waals surface area contributed by atoms with Gasteiger partial charge in [-0.2, -0.15) is 5.11 Å². The normalized spacial score (nSPS) is 19.6. The molecule has 3 aliphatic rings. The van der Waals surface area contributed by atoms with Crippen LogP contribution in [0.5, 0.6) is 5.75 Å². The Hall–Kier alpha value is -3.25. The lowest BCUT2D eigenvalue weighted by molar-refractivity contribution is -0.115. The Labute approximate surface area is 191 Å². The number of carbonyl (C=O) groups excluding carboxylic acids is 2. The van der Waals surface area contributed by atoms with Crippen LogP contribution in [0.3, 0.4) is 0 Å². The maximum atomic E-state index is 12.8. The average molecular weight is 448 g/mol. The summed E-state index contributed by atoms with van der Waals surface area (Å²) in [5.41, 5.74) is 5.03. The number of amides is 2. The number of rotatable bonds is 4. The van der Waals surface area contributed by atoms with Gasteiger partial charge >= 0.3 is 0 Å². The molecule has 0 saturated carbocycles. The first-order chi connectivity index (χ1) is 15.6. The molecule has 32 heavy (non-hydrogen) atoms. The van der Waals surface area contributed by atoms with Crippen molar-refractivity contribution >= 4 is 35.2 Å². The van der Waals surface area contributed by atoms with Crippen molar-refractivity contribution in [1.29, 1.82) is 0 Å². The summed E-state index contributed by atoms with van der Waals surface area (Å²) < 4.78 is 5.69. The van der Waals surface area contributed by atoms with Crippen molar-refractivity contribution in [1.82, 2.24) is 0 Å². The van der Waals surface area contributed by atoms with Gasteiger partial charge in [0.1, 0.15) is 12.4 Å². The van der Waals surface area contributed by atoms with Crippen LogP contribution in [0.4, 0.5) is 5.69 Å². The highest BCUT2D eigenvalue weighted by atomic mass is 35.5. The molecule has 2 amide bonds. The molecule has 162 valence electrons. The molecular formula is C25H22ClN3O3. The van der Waals surface area contributed by atoms with Gasteiger partial charge in [0, 0.05) is 28.3 Å². The first-order valence-electron chi connectivity index (χ1n) is 10.8. The maximum absolute atomic E-state index is 12.8. The van der Waals surface area contributed by atoms with Gasteiger partial charge in [-0.1, -0.05) is 23.7 Å². The lowest BCUT2D eigenvalue weighted by atomic mass is 9.84. The predicted octanol–water partition coefficient (Wildman–Crippen LogP) is 5.53. The number of benzene rings is 2. The van der Waals surface area contributed by atoms with Gasteiger partial charge in [-0.3, -0.25) is 9.59 Å². The van der Waals surface area contributed by atoms with E-state index in [4.69, 9.17) is 16.3 Å². The lowest BCUT2D eigenvalue weighted by Gasteiger charge is -2.25. The summed E-state index contributed by atoms with van der Waals surface area (Å²) in [4.78, 5) is 24.9. The van der Waals surface area contributed by atoms with E-state index in [9.17, 15) is 9.59 Å². The largest absolute Gasteiger partial charge is 0.488 e. The molecule has 2 aromatic carbocycles. The molecule has 6 nitrogen and oxygen atoms in total. The third-order valence-electron chi connectivity index (χ3n) is 6.05. The van der Waals surface area contributed by atoms with Gasteiger partial charge in [0.2, 0.25) is 0 Å². The fraction of sp³-hybridized carbons (Fsp3) is 0.280. The number of hydrogen-bond donors (Lipinski definition) is 1. The summed E-state index contributed by atoms with van der Waals surface area (Å²) in [6, 6.07) is 13.0. The van der Waals surface area contributed by atoms with Crippen molar-refractivity contribution in [2.45, 2.75) is 38.1 Å². The van der Waals surface area contributed by atoms with Crippen LogP contribution >= 0.6 is 11.6 Å². The number of halogens is 1. The van der Waals surface area contributed by atoms with Crippen molar-refractivity contribution in [3.63, 3.8) is 0 Å². The van der Waals surface area contributed by atoms with Crippen LogP contribution < -0.4 is 10.1 Å². The Morgan fingerprint density at radius 2 is 2.03 bits per heavy atom. The number of hydrogen-bond acceptors (Lipinski definition) is 4. The van der Waals surface area contributed by atoms with Crippen LogP contribution in [-0.2, 0) is 16.0 Å². The third-order valence-corrected chi connectivity index (χ3v) is 6.28. The van der Waals surface area contributed by atoms with Gasteiger partial charge in [0.15, 0.2) is 0 Å². The van der Waals surface area contributed by atoms with Crippen molar-refractivity contribution in [2.75, 3.05) is 11.9 Å². The van der Waals surface area contributed by atoms with Gasteiger partial charge in [-0.25, -0.2) is 0 Å². The Bertz CT molecular complexity index is 1200. The minimum atomic E-state index is -0.215. The van der Waals surface area contributed by atoms with Crippen molar-refractivity contribution in [3.8, 4) is 5.75 Å². The maximum Gasteiger partial charge on any atom is 0.291 e. The number of anilines is 1. The van der Waals surface area contributed by atoms with Crippen molar-refractivity contribution < 1.29 is 14.3 Å². The molecule has 0 fully saturated rings. The minimum Gasteiger partial charge on any atom is -0.488 e. The van der Waals surface area contributed by atoms with E-state index in [0.717, 1.165) is 48.0 Å². The standard InChI is InChI=1S/C25H22ClN3O3/c26-18-8-9-23-16(13-18)12-17(14-32-23)24(30)27-19-5-3-4-15(10-19)11-22-20-6-1-2-7-21(20)25(31)29-28-22/h3-5,8-10,12-13,22H,1-2,6-7,11,14H2,(H,27,30). The summed E-state index contributed by atoms with van der Waals surface area (Å²) in [6.07, 6.45) is 6.27. The van der Waals surface area contributed by atoms with E-state index in [1.165, 1.54) is 0 Å². The van der Waals surface area contributed by atoms with E-state index in [1.807, 2.05) is 24.3 Å². The van der Waals surface area contributed by atoms with Crippen LogP contribution in [0, 0.1) is 0 Å². The second kappa shape index (κ2) is 8.71. The highest BCUT2D eigenvalue weighted by Crippen LogP contribution is 2.34. The van der Waals surface area contributed by atoms with E-state index in [2.05, 4.69) is 15.5 Å². The monoisotopic (exact) mass is 447 g/mol. The minimum absolute atomic E-state index is 0.107. The van der Waals surface area contributed by atoms with Crippen molar-refractivity contribution in [2.24, 2.45) is 10.2 Å². The van der Waals surface area contributed by atoms with Crippen LogP contribution in [0.2, 0.25) is 5.02 Å². The molecule has 0 saturated heterocycles. The lowest BCUT2D eigenvalue weighted by Crippen LogP contribution is -2.23. The fourth-order valence-electron chi connectivity index (χ4n) is 4.45. The molecule has 0 radical (unpaired) electrons. The Morgan fingerprint density at radius 1 is 1.16 bits per heavy atom. The molecular weight excluding hydrogens is 426 g/mol. The highest BCUT2D eigenvalue weighted by molar-refractivity contribution is 6.30. The fourth-order valence-corrected chi connectivity index (χ4v) is 4.63. The summed E-state index contributed by atoms with van der Waals surface area (Å²) in [5, 5.41) is 11.7. The molecule has 2 heterocycles. The van der Waals surface area contributed by atoms with Gasteiger partial charge < -0.3 is 10.1 Å². The highest BCUT2D eigenvalue weighted by Gasteiger charge is 2.29. The van der Waals surface area contributed by atoms with E-state index in [1.54, 1.807) is 24.3 Å². The van der Waals surface area contributed by atoms with Crippen LogP contribution in [0.1, 0.15) is 36.8 Å². The molecule has 2 aromatic rings. The van der Waals surface area contributed by atoms with Gasteiger partial charge in [-0.05, 0) is 73.2 Å². The van der Waals surface area contributed by atoms with E-state index >= 15 is 0 Å². The van der Waals surface area contributed by atoms with E-state index in [0.29, 0.717) is 28.5 Å². The first kappa shape index (κ1) is 20.6. The van der Waals surface area contributed by atoms with Gasteiger partial charge in [-0.15, -0.1) is 5.11 Å². The molecule has 1 atom stereocenters. The van der Waals surface area contributed by atoms with Gasteiger partial charge in [0.25, 0.3) is 11.8 Å². The molecule has 0 aromatic heterocycles. The molecule has 1 unspecified atom stereocenters. The van der Waals surface area contributed by atoms with Crippen LogP contribution in [0.25, 0.3) is 6.08 Å². The molecule has 5 rings (SSSR count). The number of nitrogens with zero attached hydrogens (tertiary/aromatic N) is 2. The Balaban J connectivity index is 1.31. The van der Waals surface area contributed by atoms with Gasteiger partial charge in [0.05, 0.1) is 11.6 Å². The number of azo groups is 1.